The Balaban J connectivity index is 2.06. The van der Waals surface area contributed by atoms with E-state index in [2.05, 4.69) is 10.6 Å². The van der Waals surface area contributed by atoms with Crippen LogP contribution in [0.2, 0.25) is 0 Å². The molecule has 6 nitrogen and oxygen atoms in total. The van der Waals surface area contributed by atoms with Crippen molar-refractivity contribution >= 4 is 17.8 Å². The molecule has 0 radical (unpaired) electrons. The van der Waals surface area contributed by atoms with Crippen LogP contribution in [0.3, 0.4) is 0 Å². The number of carboxylic acid groups (broad SMARTS) is 1. The Morgan fingerprint density at radius 3 is 1.41 bits per heavy atom. The van der Waals surface area contributed by atoms with Crippen LogP contribution in [-0.4, -0.2) is 29.1 Å². The van der Waals surface area contributed by atoms with Gasteiger partial charge in [0.15, 0.2) is 0 Å². The first-order valence-electron chi connectivity index (χ1n) is 6.52. The van der Waals surface area contributed by atoms with Crippen molar-refractivity contribution in [3.05, 3.63) is 71.8 Å². The molecule has 112 valence electrons. The zero-order chi connectivity index (χ0) is 15.9. The van der Waals surface area contributed by atoms with Gasteiger partial charge >= 0.3 is 5.97 Å². The Bertz CT molecular complexity index is 618. The van der Waals surface area contributed by atoms with E-state index in [0.717, 1.165) is 0 Å². The van der Waals surface area contributed by atoms with Crippen LogP contribution < -0.4 is 10.6 Å². The van der Waals surface area contributed by atoms with Gasteiger partial charge in [0.05, 0.1) is 0 Å². The maximum Gasteiger partial charge on any atom is 0.347 e. The van der Waals surface area contributed by atoms with Crippen molar-refractivity contribution in [3.8, 4) is 0 Å². The van der Waals surface area contributed by atoms with Crippen molar-refractivity contribution in [1.29, 1.82) is 0 Å². The minimum Gasteiger partial charge on any atom is -0.478 e. The highest BCUT2D eigenvalue weighted by Crippen LogP contribution is 2.01. The lowest BCUT2D eigenvalue weighted by Crippen LogP contribution is -2.52. The lowest BCUT2D eigenvalue weighted by molar-refractivity contribution is -0.139. The number of carbonyl (C=O) groups is 3. The average Bonchev–Trinajstić information content (AvgIpc) is 2.55. The van der Waals surface area contributed by atoms with E-state index in [1.165, 1.54) is 0 Å². The van der Waals surface area contributed by atoms with E-state index in [1.807, 2.05) is 0 Å². The van der Waals surface area contributed by atoms with E-state index in [1.54, 1.807) is 60.7 Å². The number of aliphatic carboxylic acids is 1. The largest absolute Gasteiger partial charge is 0.478 e. The summed E-state index contributed by atoms with van der Waals surface area (Å²) in [6.45, 7) is 0. The highest BCUT2D eigenvalue weighted by Gasteiger charge is 2.23. The summed E-state index contributed by atoms with van der Waals surface area (Å²) in [5.74, 6) is -2.52. The molecule has 0 aromatic heterocycles. The molecule has 0 atom stereocenters. The molecule has 2 rings (SSSR count). The molecule has 0 saturated carbocycles. The zero-order valence-electron chi connectivity index (χ0n) is 11.5. The standard InChI is InChI=1S/C16H14N2O4/c19-14(11-7-3-1-4-8-11)17-13(16(21)22)18-15(20)12-9-5-2-6-10-12/h1-10,13H,(H,17,19)(H,18,20)(H,21,22). The van der Waals surface area contributed by atoms with E-state index in [4.69, 9.17) is 5.11 Å². The van der Waals surface area contributed by atoms with Gasteiger partial charge in [0.1, 0.15) is 0 Å². The second kappa shape index (κ2) is 7.03. The molecule has 2 amide bonds. The predicted molar refractivity (Wildman–Crippen MR) is 79.2 cm³/mol. The van der Waals surface area contributed by atoms with Crippen LogP contribution in [0.25, 0.3) is 0 Å². The van der Waals surface area contributed by atoms with Gasteiger partial charge in [-0.2, -0.15) is 0 Å². The number of rotatable bonds is 5. The van der Waals surface area contributed by atoms with Crippen LogP contribution in [-0.2, 0) is 4.79 Å². The van der Waals surface area contributed by atoms with Gasteiger partial charge in [0.25, 0.3) is 11.8 Å². The molecular formula is C16H14N2O4. The van der Waals surface area contributed by atoms with Crippen LogP contribution in [0.15, 0.2) is 60.7 Å². The lowest BCUT2D eigenvalue weighted by Gasteiger charge is -2.16. The summed E-state index contributed by atoms with van der Waals surface area (Å²) in [7, 11) is 0. The molecule has 0 aliphatic carbocycles. The fourth-order valence-electron chi connectivity index (χ4n) is 1.77. The summed E-state index contributed by atoms with van der Waals surface area (Å²) in [5.41, 5.74) is 0.616. The monoisotopic (exact) mass is 298 g/mol. The quantitative estimate of drug-likeness (QED) is 0.724. The summed E-state index contributed by atoms with van der Waals surface area (Å²) in [5, 5.41) is 13.7. The lowest BCUT2D eigenvalue weighted by atomic mass is 10.2. The molecule has 0 saturated heterocycles. The average molecular weight is 298 g/mol. The molecule has 0 aliphatic rings. The topological polar surface area (TPSA) is 95.5 Å². The third-order valence-electron chi connectivity index (χ3n) is 2.87. The van der Waals surface area contributed by atoms with Gasteiger partial charge in [-0.15, -0.1) is 0 Å². The summed E-state index contributed by atoms with van der Waals surface area (Å²) in [6.07, 6.45) is -1.51. The molecule has 0 unspecified atom stereocenters. The third-order valence-corrected chi connectivity index (χ3v) is 2.87. The molecule has 2 aromatic carbocycles. The predicted octanol–water partition coefficient (Wildman–Crippen LogP) is 1.26. The first-order chi connectivity index (χ1) is 10.6. The molecular weight excluding hydrogens is 284 g/mol. The van der Waals surface area contributed by atoms with Crippen molar-refractivity contribution in [2.24, 2.45) is 0 Å². The molecule has 0 heterocycles. The van der Waals surface area contributed by atoms with Gasteiger partial charge in [-0.1, -0.05) is 36.4 Å². The number of benzene rings is 2. The van der Waals surface area contributed by atoms with Gasteiger partial charge in [0, 0.05) is 11.1 Å². The van der Waals surface area contributed by atoms with Gasteiger partial charge in [-0.3, -0.25) is 9.59 Å². The van der Waals surface area contributed by atoms with Gasteiger partial charge in [-0.25, -0.2) is 4.79 Å². The molecule has 3 N–H and O–H groups in total. The second-order valence-corrected chi connectivity index (χ2v) is 4.45. The first-order valence-corrected chi connectivity index (χ1v) is 6.52. The van der Waals surface area contributed by atoms with Gasteiger partial charge < -0.3 is 15.7 Å². The number of hydrogen-bond donors (Lipinski definition) is 3. The molecule has 22 heavy (non-hydrogen) atoms. The smallest absolute Gasteiger partial charge is 0.347 e. The molecule has 0 spiro atoms. The van der Waals surface area contributed by atoms with Crippen molar-refractivity contribution < 1.29 is 19.5 Å². The van der Waals surface area contributed by atoms with Gasteiger partial charge in [0.2, 0.25) is 6.17 Å². The van der Waals surface area contributed by atoms with E-state index >= 15 is 0 Å². The second-order valence-electron chi connectivity index (χ2n) is 4.45. The van der Waals surface area contributed by atoms with E-state index in [-0.39, 0.29) is 0 Å². The maximum atomic E-state index is 12.0. The highest BCUT2D eigenvalue weighted by molar-refractivity contribution is 6.00. The molecule has 0 fully saturated rings. The van der Waals surface area contributed by atoms with E-state index < -0.39 is 23.9 Å². The van der Waals surface area contributed by atoms with Crippen molar-refractivity contribution in [2.75, 3.05) is 0 Å². The Morgan fingerprint density at radius 1 is 0.727 bits per heavy atom. The van der Waals surface area contributed by atoms with Crippen LogP contribution in [0.4, 0.5) is 0 Å². The Hall–Kier alpha value is -3.15. The summed E-state index contributed by atoms with van der Waals surface area (Å²) < 4.78 is 0. The summed E-state index contributed by atoms with van der Waals surface area (Å²) in [4.78, 5) is 35.1. The normalized spacial score (nSPS) is 10.0. The third kappa shape index (κ3) is 3.92. The summed E-state index contributed by atoms with van der Waals surface area (Å²) in [6, 6.07) is 16.3. The molecule has 0 aliphatic heterocycles. The minimum absolute atomic E-state index is 0.308. The number of hydrogen-bond acceptors (Lipinski definition) is 3. The number of amides is 2. The maximum absolute atomic E-state index is 12.0. The SMILES string of the molecule is O=C(NC(NC(=O)c1ccccc1)C(=O)O)c1ccccc1. The fourth-order valence-corrected chi connectivity index (χ4v) is 1.77. The van der Waals surface area contributed by atoms with Gasteiger partial charge in [-0.05, 0) is 24.3 Å². The minimum atomic E-state index is -1.51. The fraction of sp³-hybridized carbons (Fsp3) is 0.0625. The van der Waals surface area contributed by atoms with Crippen molar-refractivity contribution in [3.63, 3.8) is 0 Å². The Morgan fingerprint density at radius 2 is 1.09 bits per heavy atom. The zero-order valence-corrected chi connectivity index (χ0v) is 11.5. The van der Waals surface area contributed by atoms with Crippen molar-refractivity contribution in [2.45, 2.75) is 6.17 Å². The Labute approximate surface area is 126 Å². The Kier molecular flexibility index (Phi) is 4.87. The van der Waals surface area contributed by atoms with Crippen LogP contribution in [0.1, 0.15) is 20.7 Å². The molecule has 6 heteroatoms. The van der Waals surface area contributed by atoms with Crippen LogP contribution in [0, 0.1) is 0 Å². The first kappa shape index (κ1) is 15.2. The van der Waals surface area contributed by atoms with Crippen molar-refractivity contribution in [1.82, 2.24) is 10.6 Å². The number of carbonyl (C=O) groups excluding carboxylic acids is 2. The molecule has 0 bridgehead atoms. The van der Waals surface area contributed by atoms with E-state index in [0.29, 0.717) is 11.1 Å². The van der Waals surface area contributed by atoms with E-state index in [9.17, 15) is 14.4 Å². The number of carboxylic acids is 1. The highest BCUT2D eigenvalue weighted by atomic mass is 16.4. The number of nitrogens with one attached hydrogen (secondary N) is 2. The van der Waals surface area contributed by atoms with Crippen LogP contribution in [0.5, 0.6) is 0 Å². The summed E-state index contributed by atoms with van der Waals surface area (Å²) >= 11 is 0. The molecule has 2 aromatic rings. The van der Waals surface area contributed by atoms with Crippen LogP contribution >= 0.6 is 0 Å².